The Morgan fingerprint density at radius 2 is 2.31 bits per heavy atom. The number of carboxylic acids is 1. The molecule has 4 nitrogen and oxygen atoms in total. The molecule has 1 aliphatic carbocycles. The first-order chi connectivity index (χ1) is 7.50. The molecule has 16 heavy (non-hydrogen) atoms. The van der Waals surface area contributed by atoms with Gasteiger partial charge in [0.05, 0.1) is 6.10 Å². The van der Waals surface area contributed by atoms with E-state index in [-0.39, 0.29) is 24.0 Å². The number of carbonyl (C=O) groups is 2. The maximum atomic E-state index is 11.6. The Hall–Kier alpha value is -1.16. The zero-order valence-corrected chi connectivity index (χ0v) is 9.43. The SMILES string of the molecule is C[C@H](O)/C=C\C[C@H]1C(=O)CC[C@@H]1CC(=O)O. The first-order valence-electron chi connectivity index (χ1n) is 5.60. The molecule has 0 heterocycles. The molecule has 1 rings (SSSR count). The highest BCUT2D eigenvalue weighted by atomic mass is 16.4. The largest absolute Gasteiger partial charge is 0.481 e. The molecule has 0 bridgehead atoms. The molecule has 0 amide bonds. The van der Waals surface area contributed by atoms with Crippen molar-refractivity contribution in [2.24, 2.45) is 11.8 Å². The van der Waals surface area contributed by atoms with Crippen LogP contribution in [0, 0.1) is 11.8 Å². The number of aliphatic hydroxyl groups excluding tert-OH is 1. The van der Waals surface area contributed by atoms with Gasteiger partial charge in [-0.15, -0.1) is 0 Å². The average molecular weight is 226 g/mol. The second-order valence-electron chi connectivity index (χ2n) is 4.37. The summed E-state index contributed by atoms with van der Waals surface area (Å²) in [5.41, 5.74) is 0. The van der Waals surface area contributed by atoms with E-state index in [1.54, 1.807) is 19.1 Å². The van der Waals surface area contributed by atoms with Crippen molar-refractivity contribution in [3.05, 3.63) is 12.2 Å². The summed E-state index contributed by atoms with van der Waals surface area (Å²) in [6, 6.07) is 0. The molecule has 4 heteroatoms. The number of carboxylic acid groups (broad SMARTS) is 1. The summed E-state index contributed by atoms with van der Waals surface area (Å²) in [6.07, 6.45) is 4.66. The fourth-order valence-electron chi connectivity index (χ4n) is 2.19. The number of allylic oxidation sites excluding steroid dienone is 1. The quantitative estimate of drug-likeness (QED) is 0.694. The average Bonchev–Trinajstić information content (AvgIpc) is 2.48. The standard InChI is InChI=1S/C12H18O4/c1-8(13)3-2-4-10-9(7-12(15)16)5-6-11(10)14/h2-3,8-10,13H,4-7H2,1H3,(H,15,16)/b3-2-/t8-,9+,10+/m0/s1. The monoisotopic (exact) mass is 226 g/mol. The lowest BCUT2D eigenvalue weighted by atomic mass is 9.89. The van der Waals surface area contributed by atoms with Crippen molar-refractivity contribution in [3.63, 3.8) is 0 Å². The van der Waals surface area contributed by atoms with Crippen molar-refractivity contribution in [1.29, 1.82) is 0 Å². The van der Waals surface area contributed by atoms with E-state index in [4.69, 9.17) is 10.2 Å². The van der Waals surface area contributed by atoms with Crippen molar-refractivity contribution >= 4 is 11.8 Å². The van der Waals surface area contributed by atoms with Crippen molar-refractivity contribution in [2.45, 2.75) is 38.7 Å². The van der Waals surface area contributed by atoms with Gasteiger partial charge in [-0.1, -0.05) is 12.2 Å². The third kappa shape index (κ3) is 3.77. The third-order valence-corrected chi connectivity index (χ3v) is 2.99. The molecule has 2 N–H and O–H groups in total. The Balaban J connectivity index is 2.53. The van der Waals surface area contributed by atoms with Crippen molar-refractivity contribution < 1.29 is 19.8 Å². The Kier molecular flexibility index (Phi) is 4.68. The molecule has 90 valence electrons. The molecule has 0 aromatic heterocycles. The van der Waals surface area contributed by atoms with Crippen LogP contribution < -0.4 is 0 Å². The van der Waals surface area contributed by atoms with Crippen LogP contribution in [0.15, 0.2) is 12.2 Å². The summed E-state index contributed by atoms with van der Waals surface area (Å²) in [5, 5.41) is 17.8. The van der Waals surface area contributed by atoms with Crippen LogP contribution in [0.5, 0.6) is 0 Å². The van der Waals surface area contributed by atoms with Gasteiger partial charge in [-0.05, 0) is 25.7 Å². The van der Waals surface area contributed by atoms with Crippen LogP contribution in [-0.4, -0.2) is 28.1 Å². The molecular formula is C12H18O4. The first-order valence-corrected chi connectivity index (χ1v) is 5.60. The van der Waals surface area contributed by atoms with E-state index < -0.39 is 12.1 Å². The van der Waals surface area contributed by atoms with Crippen LogP contribution in [-0.2, 0) is 9.59 Å². The molecule has 0 unspecified atom stereocenters. The van der Waals surface area contributed by atoms with Crippen LogP contribution in [0.2, 0.25) is 0 Å². The number of rotatable bonds is 5. The molecule has 0 aromatic carbocycles. The van der Waals surface area contributed by atoms with E-state index in [9.17, 15) is 9.59 Å². The summed E-state index contributed by atoms with van der Waals surface area (Å²) in [4.78, 5) is 22.2. The summed E-state index contributed by atoms with van der Waals surface area (Å²) in [6.45, 7) is 1.64. The number of hydrogen-bond acceptors (Lipinski definition) is 3. The van der Waals surface area contributed by atoms with Gasteiger partial charge in [0, 0.05) is 18.8 Å². The van der Waals surface area contributed by atoms with Crippen molar-refractivity contribution in [3.8, 4) is 0 Å². The number of ketones is 1. The van der Waals surface area contributed by atoms with Crippen LogP contribution in [0.25, 0.3) is 0 Å². The Morgan fingerprint density at radius 3 is 2.88 bits per heavy atom. The highest BCUT2D eigenvalue weighted by Crippen LogP contribution is 2.33. The normalized spacial score (nSPS) is 27.5. The summed E-state index contributed by atoms with van der Waals surface area (Å²) >= 11 is 0. The van der Waals surface area contributed by atoms with Gasteiger partial charge in [0.25, 0.3) is 0 Å². The van der Waals surface area contributed by atoms with Gasteiger partial charge in [0.15, 0.2) is 0 Å². The number of carbonyl (C=O) groups excluding carboxylic acids is 1. The maximum absolute atomic E-state index is 11.6. The zero-order chi connectivity index (χ0) is 12.1. The second-order valence-corrected chi connectivity index (χ2v) is 4.37. The highest BCUT2D eigenvalue weighted by molar-refractivity contribution is 5.84. The third-order valence-electron chi connectivity index (χ3n) is 2.99. The Bertz CT molecular complexity index is 293. The fourth-order valence-corrected chi connectivity index (χ4v) is 2.19. The predicted molar refractivity (Wildman–Crippen MR) is 58.9 cm³/mol. The Morgan fingerprint density at radius 1 is 1.62 bits per heavy atom. The van der Waals surface area contributed by atoms with E-state index in [2.05, 4.69) is 0 Å². The molecule has 0 radical (unpaired) electrons. The van der Waals surface area contributed by atoms with Gasteiger partial charge in [-0.25, -0.2) is 0 Å². The fraction of sp³-hybridized carbons (Fsp3) is 0.667. The minimum Gasteiger partial charge on any atom is -0.481 e. The molecule has 0 aliphatic heterocycles. The molecule has 0 spiro atoms. The lowest BCUT2D eigenvalue weighted by Gasteiger charge is -2.14. The topological polar surface area (TPSA) is 74.6 Å². The van der Waals surface area contributed by atoms with Crippen LogP contribution in [0.3, 0.4) is 0 Å². The minimum absolute atomic E-state index is 0.0383. The van der Waals surface area contributed by atoms with Gasteiger partial charge in [0.2, 0.25) is 0 Å². The van der Waals surface area contributed by atoms with Crippen LogP contribution >= 0.6 is 0 Å². The van der Waals surface area contributed by atoms with Gasteiger partial charge >= 0.3 is 5.97 Å². The predicted octanol–water partition coefficient (Wildman–Crippen LogP) is 1.38. The smallest absolute Gasteiger partial charge is 0.303 e. The first kappa shape index (κ1) is 12.9. The van der Waals surface area contributed by atoms with E-state index in [0.29, 0.717) is 19.3 Å². The van der Waals surface area contributed by atoms with Gasteiger partial charge < -0.3 is 10.2 Å². The van der Waals surface area contributed by atoms with Crippen molar-refractivity contribution in [2.75, 3.05) is 0 Å². The van der Waals surface area contributed by atoms with Gasteiger partial charge in [-0.2, -0.15) is 0 Å². The lowest BCUT2D eigenvalue weighted by Crippen LogP contribution is -2.17. The van der Waals surface area contributed by atoms with Gasteiger partial charge in [-0.3, -0.25) is 9.59 Å². The minimum atomic E-state index is -0.843. The molecule has 0 saturated heterocycles. The Labute approximate surface area is 95.0 Å². The molecule has 1 aliphatic rings. The summed E-state index contributed by atoms with van der Waals surface area (Å²) in [5.74, 6) is -0.902. The lowest BCUT2D eigenvalue weighted by molar-refractivity contribution is -0.138. The molecule has 1 fully saturated rings. The number of hydrogen-bond donors (Lipinski definition) is 2. The molecular weight excluding hydrogens is 208 g/mol. The summed E-state index contributed by atoms with van der Waals surface area (Å²) in [7, 11) is 0. The van der Waals surface area contributed by atoms with Gasteiger partial charge in [0.1, 0.15) is 5.78 Å². The van der Waals surface area contributed by atoms with Crippen molar-refractivity contribution in [1.82, 2.24) is 0 Å². The van der Waals surface area contributed by atoms with E-state index in [1.807, 2.05) is 0 Å². The maximum Gasteiger partial charge on any atom is 0.303 e. The van der Waals surface area contributed by atoms with E-state index in [0.717, 1.165) is 0 Å². The van der Waals surface area contributed by atoms with Crippen LogP contribution in [0.1, 0.15) is 32.6 Å². The summed E-state index contributed by atoms with van der Waals surface area (Å²) < 4.78 is 0. The second kappa shape index (κ2) is 5.80. The molecule has 0 aromatic rings. The number of aliphatic carboxylic acids is 1. The number of aliphatic hydroxyl groups is 1. The molecule has 1 saturated carbocycles. The van der Waals surface area contributed by atoms with Crippen LogP contribution in [0.4, 0.5) is 0 Å². The zero-order valence-electron chi connectivity index (χ0n) is 9.43. The van der Waals surface area contributed by atoms with E-state index in [1.165, 1.54) is 0 Å². The van der Waals surface area contributed by atoms with E-state index >= 15 is 0 Å². The highest BCUT2D eigenvalue weighted by Gasteiger charge is 2.34. The molecule has 3 atom stereocenters. The number of Topliss-reactive ketones (excluding diaryl/α,β-unsaturated/α-hetero) is 1.